The molecular weight excluding hydrogens is 268 g/mol. The highest BCUT2D eigenvalue weighted by Gasteiger charge is 2.34. The van der Waals surface area contributed by atoms with Crippen molar-refractivity contribution in [3.05, 3.63) is 38.9 Å². The second-order valence-electron chi connectivity index (χ2n) is 5.57. The molecule has 106 valence electrons. The van der Waals surface area contributed by atoms with Gasteiger partial charge < -0.3 is 10.4 Å². The Morgan fingerprint density at radius 2 is 1.95 bits per heavy atom. The minimum Gasteiger partial charge on any atom is -0.389 e. The van der Waals surface area contributed by atoms with E-state index >= 15 is 0 Å². The Labute approximate surface area is 117 Å². The molecule has 0 aliphatic heterocycles. The standard InChI is InChI=1S/C13H19ClN2O3/c1-12(2,13(3,4)17)15-8-9-5-6-10(16(18)19)7-11(9)14/h5-7,15,17H,8H2,1-4H3. The zero-order chi connectivity index (χ0) is 14.8. The molecule has 0 amide bonds. The predicted molar refractivity (Wildman–Crippen MR) is 75.3 cm³/mol. The number of nitro groups is 1. The van der Waals surface area contributed by atoms with E-state index in [9.17, 15) is 15.2 Å². The third-order valence-corrected chi connectivity index (χ3v) is 3.85. The molecule has 0 bridgehead atoms. The summed E-state index contributed by atoms with van der Waals surface area (Å²) in [4.78, 5) is 10.1. The van der Waals surface area contributed by atoms with E-state index in [-0.39, 0.29) is 5.69 Å². The normalized spacial score (nSPS) is 12.5. The van der Waals surface area contributed by atoms with Gasteiger partial charge in [-0.25, -0.2) is 0 Å². The summed E-state index contributed by atoms with van der Waals surface area (Å²) in [6.45, 7) is 7.63. The molecule has 2 N–H and O–H groups in total. The SMILES string of the molecule is CC(C)(O)C(C)(C)NCc1ccc([N+](=O)[O-])cc1Cl. The van der Waals surface area contributed by atoms with Gasteiger partial charge in [-0.3, -0.25) is 10.1 Å². The maximum Gasteiger partial charge on any atom is 0.270 e. The molecule has 0 radical (unpaired) electrons. The molecule has 19 heavy (non-hydrogen) atoms. The summed E-state index contributed by atoms with van der Waals surface area (Å²) in [6.07, 6.45) is 0. The van der Waals surface area contributed by atoms with Crippen LogP contribution in [0.15, 0.2) is 18.2 Å². The molecule has 0 aliphatic carbocycles. The van der Waals surface area contributed by atoms with Crippen molar-refractivity contribution in [1.82, 2.24) is 5.32 Å². The Morgan fingerprint density at radius 3 is 2.37 bits per heavy atom. The van der Waals surface area contributed by atoms with E-state index in [1.807, 2.05) is 13.8 Å². The van der Waals surface area contributed by atoms with Gasteiger partial charge in [0.2, 0.25) is 0 Å². The quantitative estimate of drug-likeness (QED) is 0.645. The van der Waals surface area contributed by atoms with Gasteiger partial charge in [0, 0.05) is 24.2 Å². The molecule has 0 fully saturated rings. The molecule has 1 rings (SSSR count). The second kappa shape index (κ2) is 5.45. The highest BCUT2D eigenvalue weighted by atomic mass is 35.5. The summed E-state index contributed by atoms with van der Waals surface area (Å²) in [5.41, 5.74) is -0.696. The first kappa shape index (κ1) is 15.9. The van der Waals surface area contributed by atoms with Crippen molar-refractivity contribution in [3.63, 3.8) is 0 Å². The number of hydrogen-bond donors (Lipinski definition) is 2. The smallest absolute Gasteiger partial charge is 0.270 e. The summed E-state index contributed by atoms with van der Waals surface area (Å²) in [6, 6.07) is 4.36. The van der Waals surface area contributed by atoms with Crippen molar-refractivity contribution >= 4 is 17.3 Å². The molecule has 0 heterocycles. The van der Waals surface area contributed by atoms with Crippen LogP contribution in [0.25, 0.3) is 0 Å². The Balaban J connectivity index is 2.82. The number of rotatable bonds is 5. The van der Waals surface area contributed by atoms with Gasteiger partial charge in [0.25, 0.3) is 5.69 Å². The summed E-state index contributed by atoms with van der Waals surface area (Å²) < 4.78 is 0. The monoisotopic (exact) mass is 286 g/mol. The number of benzene rings is 1. The Kier molecular flexibility index (Phi) is 4.55. The molecule has 0 unspecified atom stereocenters. The van der Waals surface area contributed by atoms with Crippen LogP contribution in [-0.2, 0) is 6.54 Å². The van der Waals surface area contributed by atoms with E-state index < -0.39 is 16.1 Å². The van der Waals surface area contributed by atoms with Gasteiger partial charge >= 0.3 is 0 Å². The van der Waals surface area contributed by atoms with Crippen LogP contribution in [0, 0.1) is 10.1 Å². The molecule has 0 aromatic heterocycles. The Hall–Kier alpha value is -1.17. The first-order valence-corrected chi connectivity index (χ1v) is 6.32. The maximum atomic E-state index is 10.6. The lowest BCUT2D eigenvalue weighted by molar-refractivity contribution is -0.384. The van der Waals surface area contributed by atoms with Crippen LogP contribution in [0.2, 0.25) is 5.02 Å². The van der Waals surface area contributed by atoms with E-state index in [0.717, 1.165) is 5.56 Å². The Bertz CT molecular complexity index is 481. The van der Waals surface area contributed by atoms with E-state index in [1.54, 1.807) is 19.9 Å². The lowest BCUT2D eigenvalue weighted by Gasteiger charge is -2.38. The van der Waals surface area contributed by atoms with Crippen molar-refractivity contribution in [2.75, 3.05) is 0 Å². The van der Waals surface area contributed by atoms with Gasteiger partial charge in [-0.2, -0.15) is 0 Å². The number of hydrogen-bond acceptors (Lipinski definition) is 4. The molecule has 1 aromatic carbocycles. The van der Waals surface area contributed by atoms with Gasteiger partial charge in [-0.05, 0) is 39.3 Å². The highest BCUT2D eigenvalue weighted by Crippen LogP contribution is 2.25. The van der Waals surface area contributed by atoms with Crippen LogP contribution in [0.1, 0.15) is 33.3 Å². The van der Waals surface area contributed by atoms with Crippen LogP contribution in [0.5, 0.6) is 0 Å². The van der Waals surface area contributed by atoms with Gasteiger partial charge in [0.1, 0.15) is 0 Å². The largest absolute Gasteiger partial charge is 0.389 e. The molecule has 0 atom stereocenters. The lowest BCUT2D eigenvalue weighted by Crippen LogP contribution is -2.55. The number of non-ortho nitro benzene ring substituents is 1. The summed E-state index contributed by atoms with van der Waals surface area (Å²) in [5, 5.41) is 24.2. The predicted octanol–water partition coefficient (Wildman–Crippen LogP) is 2.89. The van der Waals surface area contributed by atoms with Gasteiger partial charge in [0.15, 0.2) is 0 Å². The topological polar surface area (TPSA) is 75.4 Å². The van der Waals surface area contributed by atoms with E-state index in [2.05, 4.69) is 5.32 Å². The minimum absolute atomic E-state index is 0.0319. The fraction of sp³-hybridized carbons (Fsp3) is 0.538. The number of nitrogens with one attached hydrogen (secondary N) is 1. The van der Waals surface area contributed by atoms with Crippen molar-refractivity contribution in [1.29, 1.82) is 0 Å². The molecule has 0 saturated carbocycles. The number of nitro benzene ring substituents is 1. The van der Waals surface area contributed by atoms with Crippen molar-refractivity contribution in [2.24, 2.45) is 0 Å². The third kappa shape index (κ3) is 3.89. The van der Waals surface area contributed by atoms with Crippen LogP contribution in [-0.4, -0.2) is 21.2 Å². The van der Waals surface area contributed by atoms with Crippen LogP contribution < -0.4 is 5.32 Å². The Morgan fingerprint density at radius 1 is 1.37 bits per heavy atom. The molecule has 5 nitrogen and oxygen atoms in total. The summed E-state index contributed by atoms with van der Waals surface area (Å²) in [7, 11) is 0. The van der Waals surface area contributed by atoms with Crippen molar-refractivity contribution < 1.29 is 10.0 Å². The number of nitrogens with zero attached hydrogens (tertiary/aromatic N) is 1. The zero-order valence-corrected chi connectivity index (χ0v) is 12.3. The van der Waals surface area contributed by atoms with E-state index in [1.165, 1.54) is 12.1 Å². The molecule has 6 heteroatoms. The molecule has 0 aliphatic rings. The van der Waals surface area contributed by atoms with Crippen LogP contribution >= 0.6 is 11.6 Å². The first-order chi connectivity index (χ1) is 8.54. The highest BCUT2D eigenvalue weighted by molar-refractivity contribution is 6.31. The van der Waals surface area contributed by atoms with Crippen molar-refractivity contribution in [2.45, 2.75) is 45.4 Å². The fourth-order valence-corrected chi connectivity index (χ4v) is 1.57. The lowest BCUT2D eigenvalue weighted by atomic mass is 9.86. The summed E-state index contributed by atoms with van der Waals surface area (Å²) in [5.74, 6) is 0. The van der Waals surface area contributed by atoms with Gasteiger partial charge in [0.05, 0.1) is 15.5 Å². The van der Waals surface area contributed by atoms with Crippen LogP contribution in [0.4, 0.5) is 5.69 Å². The second-order valence-corrected chi connectivity index (χ2v) is 5.98. The maximum absolute atomic E-state index is 10.6. The fourth-order valence-electron chi connectivity index (χ4n) is 1.33. The first-order valence-electron chi connectivity index (χ1n) is 5.95. The third-order valence-electron chi connectivity index (χ3n) is 3.50. The average molecular weight is 287 g/mol. The van der Waals surface area contributed by atoms with Gasteiger partial charge in [-0.1, -0.05) is 11.6 Å². The van der Waals surface area contributed by atoms with Crippen LogP contribution in [0.3, 0.4) is 0 Å². The van der Waals surface area contributed by atoms with Crippen molar-refractivity contribution in [3.8, 4) is 0 Å². The molecule has 1 aromatic rings. The molecular formula is C13H19ClN2O3. The zero-order valence-electron chi connectivity index (χ0n) is 11.5. The average Bonchev–Trinajstić information content (AvgIpc) is 2.25. The minimum atomic E-state index is -0.903. The molecule has 0 saturated heterocycles. The van der Waals surface area contributed by atoms with Gasteiger partial charge in [-0.15, -0.1) is 0 Å². The molecule has 0 spiro atoms. The number of halogens is 1. The summed E-state index contributed by atoms with van der Waals surface area (Å²) >= 11 is 6.01. The number of aliphatic hydroxyl groups is 1. The van der Waals surface area contributed by atoms with E-state index in [0.29, 0.717) is 11.6 Å². The van der Waals surface area contributed by atoms with E-state index in [4.69, 9.17) is 11.6 Å².